The van der Waals surface area contributed by atoms with Crippen LogP contribution in [0.2, 0.25) is 5.02 Å². The number of para-hydroxylation sites is 1. The monoisotopic (exact) mass is 396 g/mol. The van der Waals surface area contributed by atoms with Crippen LogP contribution in [0.4, 0.5) is 11.4 Å². The normalized spacial score (nSPS) is 14.4. The smallest absolute Gasteiger partial charge is 0.267 e. The summed E-state index contributed by atoms with van der Waals surface area (Å²) in [5, 5.41) is 12.5. The molecule has 0 atom stereocenters. The number of methoxy groups -OCH3 is 1. The highest BCUT2D eigenvalue weighted by Crippen LogP contribution is 2.27. The number of hydrogen-bond donors (Lipinski definition) is 1. The van der Waals surface area contributed by atoms with E-state index >= 15 is 0 Å². The van der Waals surface area contributed by atoms with E-state index in [9.17, 15) is 10.1 Å². The molecule has 0 unspecified atom stereocenters. The van der Waals surface area contributed by atoms with E-state index in [0.29, 0.717) is 16.5 Å². The summed E-state index contributed by atoms with van der Waals surface area (Å²) in [6, 6.07) is 17.1. The van der Waals surface area contributed by atoms with Crippen molar-refractivity contribution in [2.45, 2.75) is 0 Å². The molecule has 6 nitrogen and oxygen atoms in total. The second-order valence-corrected chi connectivity index (χ2v) is 6.72. The number of nitrogens with one attached hydrogen (secondary N) is 1. The predicted octanol–water partition coefficient (Wildman–Crippen LogP) is 3.52. The van der Waals surface area contributed by atoms with Crippen molar-refractivity contribution >= 4 is 28.9 Å². The lowest BCUT2D eigenvalue weighted by Gasteiger charge is -2.35. The van der Waals surface area contributed by atoms with Crippen molar-refractivity contribution in [3.63, 3.8) is 0 Å². The molecule has 1 saturated heterocycles. The van der Waals surface area contributed by atoms with Crippen LogP contribution in [0.1, 0.15) is 0 Å². The number of benzene rings is 2. The molecule has 1 N–H and O–H groups in total. The summed E-state index contributed by atoms with van der Waals surface area (Å²) in [5.74, 6) is 0.0567. The van der Waals surface area contributed by atoms with Gasteiger partial charge in [0.05, 0.1) is 12.1 Å². The quantitative estimate of drug-likeness (QED) is 0.618. The van der Waals surface area contributed by atoms with Gasteiger partial charge in [0.2, 0.25) is 0 Å². The molecule has 28 heavy (non-hydrogen) atoms. The number of halogens is 1. The largest absolute Gasteiger partial charge is 0.495 e. The molecule has 2 aromatic carbocycles. The number of carbonyl (C=O) groups is 1. The number of piperazine rings is 1. The van der Waals surface area contributed by atoms with E-state index in [1.54, 1.807) is 24.4 Å². The molecule has 0 saturated carbocycles. The average molecular weight is 397 g/mol. The number of hydrogen-bond acceptors (Lipinski definition) is 5. The van der Waals surface area contributed by atoms with Crippen molar-refractivity contribution in [1.82, 2.24) is 4.90 Å². The number of nitrogens with zero attached hydrogens (tertiary/aromatic N) is 3. The van der Waals surface area contributed by atoms with Gasteiger partial charge in [-0.25, -0.2) is 0 Å². The molecule has 1 fully saturated rings. The number of anilines is 2. The van der Waals surface area contributed by atoms with Crippen LogP contribution in [-0.2, 0) is 4.79 Å². The Bertz CT molecular complexity index is 900. The van der Waals surface area contributed by atoms with Crippen LogP contribution in [-0.4, -0.2) is 44.1 Å². The second-order valence-electron chi connectivity index (χ2n) is 6.32. The molecule has 144 valence electrons. The van der Waals surface area contributed by atoms with Crippen LogP contribution in [0.25, 0.3) is 0 Å². The first kappa shape index (κ1) is 19.6. The SMILES string of the molecule is COc1ccc(NC(=O)/C(C#N)=C\N2CCN(c3ccccc3)CC2)cc1Cl. The highest BCUT2D eigenvalue weighted by molar-refractivity contribution is 6.32. The van der Waals surface area contributed by atoms with Crippen molar-refractivity contribution in [3.05, 3.63) is 65.3 Å². The standard InChI is InChI=1S/C21H21ClN4O2/c1-28-20-8-7-17(13-19(20)22)24-21(27)16(14-23)15-25-9-11-26(12-10-25)18-5-3-2-4-6-18/h2-8,13,15H,9-12H2,1H3,(H,24,27)/b16-15-. The maximum absolute atomic E-state index is 12.5. The summed E-state index contributed by atoms with van der Waals surface area (Å²) in [4.78, 5) is 16.7. The van der Waals surface area contributed by atoms with Crippen LogP contribution in [0.3, 0.4) is 0 Å². The third-order valence-corrected chi connectivity index (χ3v) is 4.82. The van der Waals surface area contributed by atoms with Crippen molar-refractivity contribution in [2.24, 2.45) is 0 Å². The van der Waals surface area contributed by atoms with Gasteiger partial charge in [0, 0.05) is 43.8 Å². The van der Waals surface area contributed by atoms with E-state index in [-0.39, 0.29) is 5.57 Å². The Balaban J connectivity index is 1.61. The highest BCUT2D eigenvalue weighted by atomic mass is 35.5. The van der Waals surface area contributed by atoms with E-state index in [2.05, 4.69) is 22.3 Å². The Kier molecular flexibility index (Phi) is 6.41. The van der Waals surface area contributed by atoms with E-state index in [1.807, 2.05) is 29.2 Å². The van der Waals surface area contributed by atoms with Gasteiger partial charge in [0.15, 0.2) is 0 Å². The van der Waals surface area contributed by atoms with Crippen LogP contribution in [0.5, 0.6) is 5.75 Å². The Morgan fingerprint density at radius 2 is 1.89 bits per heavy atom. The van der Waals surface area contributed by atoms with Crippen LogP contribution >= 0.6 is 11.6 Å². The van der Waals surface area contributed by atoms with Gasteiger partial charge < -0.3 is 19.9 Å². The van der Waals surface area contributed by atoms with Crippen LogP contribution < -0.4 is 15.0 Å². The fourth-order valence-corrected chi connectivity index (χ4v) is 3.27. The maximum Gasteiger partial charge on any atom is 0.267 e. The summed E-state index contributed by atoms with van der Waals surface area (Å²) in [5.41, 5.74) is 1.74. The van der Waals surface area contributed by atoms with E-state index in [0.717, 1.165) is 26.2 Å². The number of ether oxygens (including phenoxy) is 1. The summed E-state index contributed by atoms with van der Waals surface area (Å²) in [6.07, 6.45) is 1.63. The first-order chi connectivity index (χ1) is 13.6. The van der Waals surface area contributed by atoms with Gasteiger partial charge in [-0.15, -0.1) is 0 Å². The zero-order valence-corrected chi connectivity index (χ0v) is 16.3. The molecule has 0 bridgehead atoms. The molecule has 0 aliphatic carbocycles. The molecule has 3 rings (SSSR count). The molecular formula is C21H21ClN4O2. The number of carbonyl (C=O) groups excluding carboxylic acids is 1. The van der Waals surface area contributed by atoms with Gasteiger partial charge in [0.25, 0.3) is 5.91 Å². The average Bonchev–Trinajstić information content (AvgIpc) is 2.73. The minimum Gasteiger partial charge on any atom is -0.495 e. The molecule has 0 spiro atoms. The van der Waals surface area contributed by atoms with Crippen LogP contribution in [0.15, 0.2) is 60.3 Å². The Morgan fingerprint density at radius 3 is 2.50 bits per heavy atom. The summed E-state index contributed by atoms with van der Waals surface area (Å²) in [7, 11) is 1.52. The molecule has 0 radical (unpaired) electrons. The van der Waals surface area contributed by atoms with Gasteiger partial charge in [-0.05, 0) is 30.3 Å². The lowest BCUT2D eigenvalue weighted by atomic mass is 10.2. The number of amides is 1. The molecule has 1 amide bonds. The van der Waals surface area contributed by atoms with Gasteiger partial charge in [-0.3, -0.25) is 4.79 Å². The zero-order valence-electron chi connectivity index (χ0n) is 15.6. The first-order valence-corrected chi connectivity index (χ1v) is 9.29. The fraction of sp³-hybridized carbons (Fsp3) is 0.238. The molecule has 7 heteroatoms. The topological polar surface area (TPSA) is 68.6 Å². The maximum atomic E-state index is 12.5. The van der Waals surface area contributed by atoms with Crippen molar-refractivity contribution in [2.75, 3.05) is 43.5 Å². The molecule has 1 aliphatic rings. The van der Waals surface area contributed by atoms with Crippen molar-refractivity contribution < 1.29 is 9.53 Å². The summed E-state index contributed by atoms with van der Waals surface area (Å²) < 4.78 is 5.10. The van der Waals surface area contributed by atoms with E-state index < -0.39 is 5.91 Å². The molecule has 1 heterocycles. The highest BCUT2D eigenvalue weighted by Gasteiger charge is 2.18. The Morgan fingerprint density at radius 1 is 1.18 bits per heavy atom. The van der Waals surface area contributed by atoms with Gasteiger partial charge in [-0.2, -0.15) is 5.26 Å². The molecular weight excluding hydrogens is 376 g/mol. The van der Waals surface area contributed by atoms with Gasteiger partial charge in [-0.1, -0.05) is 29.8 Å². The zero-order chi connectivity index (χ0) is 19.9. The number of nitriles is 1. The molecule has 1 aliphatic heterocycles. The third-order valence-electron chi connectivity index (χ3n) is 4.52. The fourth-order valence-electron chi connectivity index (χ4n) is 3.01. The Hall–Kier alpha value is -3.17. The van der Waals surface area contributed by atoms with E-state index in [1.165, 1.54) is 12.8 Å². The Labute approximate surface area is 169 Å². The summed E-state index contributed by atoms with van der Waals surface area (Å²) in [6.45, 7) is 3.13. The first-order valence-electron chi connectivity index (χ1n) is 8.91. The van der Waals surface area contributed by atoms with Gasteiger partial charge in [0.1, 0.15) is 17.4 Å². The predicted molar refractivity (Wildman–Crippen MR) is 111 cm³/mol. The second kappa shape index (κ2) is 9.16. The number of rotatable bonds is 5. The van der Waals surface area contributed by atoms with Crippen LogP contribution in [0, 0.1) is 11.3 Å². The molecule has 2 aromatic rings. The van der Waals surface area contributed by atoms with Crippen molar-refractivity contribution in [3.8, 4) is 11.8 Å². The minimum atomic E-state index is -0.464. The van der Waals surface area contributed by atoms with Gasteiger partial charge >= 0.3 is 0 Å². The molecule has 0 aromatic heterocycles. The van der Waals surface area contributed by atoms with Crippen molar-refractivity contribution in [1.29, 1.82) is 5.26 Å². The van der Waals surface area contributed by atoms with E-state index in [4.69, 9.17) is 16.3 Å². The summed E-state index contributed by atoms with van der Waals surface area (Å²) >= 11 is 6.08. The third kappa shape index (κ3) is 4.76. The lowest BCUT2D eigenvalue weighted by molar-refractivity contribution is -0.112. The lowest BCUT2D eigenvalue weighted by Crippen LogP contribution is -2.44. The minimum absolute atomic E-state index is 0.0556.